The molecule has 0 aromatic heterocycles. The van der Waals surface area contributed by atoms with E-state index in [9.17, 15) is 26.4 Å². The van der Waals surface area contributed by atoms with Crippen LogP contribution in [-0.2, 0) is 21.0 Å². The Bertz CT molecular complexity index is 1130. The number of rotatable bonds is 5. The maximum absolute atomic E-state index is 13.3. The van der Waals surface area contributed by atoms with Gasteiger partial charge in [-0.2, -0.15) is 17.5 Å². The Morgan fingerprint density at radius 1 is 1.16 bits per heavy atom. The van der Waals surface area contributed by atoms with Gasteiger partial charge in [-0.15, -0.1) is 0 Å². The third kappa shape index (κ3) is 5.31. The predicted molar refractivity (Wildman–Crippen MR) is 115 cm³/mol. The van der Waals surface area contributed by atoms with Crippen LogP contribution in [0.2, 0.25) is 10.0 Å². The molecule has 2 aromatic carbocycles. The van der Waals surface area contributed by atoms with Crippen molar-refractivity contribution in [2.45, 2.75) is 23.9 Å². The van der Waals surface area contributed by atoms with Crippen molar-refractivity contribution in [3.05, 3.63) is 52.0 Å². The lowest BCUT2D eigenvalue weighted by Gasteiger charge is -2.31. The highest BCUT2D eigenvalue weighted by molar-refractivity contribution is 7.89. The third-order valence-electron chi connectivity index (χ3n) is 5.04. The maximum Gasteiger partial charge on any atom is 0.418 e. The zero-order chi connectivity index (χ0) is 23.7. The van der Waals surface area contributed by atoms with Crippen molar-refractivity contribution in [3.8, 4) is 5.75 Å². The topological polar surface area (TPSA) is 75.7 Å². The second-order valence-electron chi connectivity index (χ2n) is 7.17. The Kier molecular flexibility index (Phi) is 7.28. The molecule has 12 heteroatoms. The predicted octanol–water partition coefficient (Wildman–Crippen LogP) is 5.06. The molecular weight excluding hydrogens is 492 g/mol. The van der Waals surface area contributed by atoms with Gasteiger partial charge in [-0.1, -0.05) is 23.2 Å². The summed E-state index contributed by atoms with van der Waals surface area (Å²) in [6.07, 6.45) is -4.05. The summed E-state index contributed by atoms with van der Waals surface area (Å²) in [5.41, 5.74) is -1.52. The quantitative estimate of drug-likeness (QED) is 0.609. The molecule has 1 atom stereocenters. The zero-order valence-corrected chi connectivity index (χ0v) is 19.1. The number of hydrogen-bond acceptors (Lipinski definition) is 4. The number of carbonyl (C=O) groups is 1. The number of hydrogen-bond donors (Lipinski definition) is 1. The average molecular weight is 511 g/mol. The molecule has 174 valence electrons. The molecule has 0 spiro atoms. The summed E-state index contributed by atoms with van der Waals surface area (Å²) in [4.78, 5) is 12.6. The normalized spacial score (nSPS) is 17.8. The minimum Gasteiger partial charge on any atom is -0.495 e. The van der Waals surface area contributed by atoms with E-state index in [1.165, 1.54) is 31.4 Å². The second kappa shape index (κ2) is 9.46. The van der Waals surface area contributed by atoms with Gasteiger partial charge in [0.05, 0.1) is 24.3 Å². The molecule has 0 aliphatic carbocycles. The molecule has 0 radical (unpaired) electrons. The maximum atomic E-state index is 13.3. The zero-order valence-electron chi connectivity index (χ0n) is 16.7. The average Bonchev–Trinajstić information content (AvgIpc) is 2.74. The van der Waals surface area contributed by atoms with E-state index in [4.69, 9.17) is 27.9 Å². The number of halogens is 5. The van der Waals surface area contributed by atoms with E-state index in [0.29, 0.717) is 12.8 Å². The fourth-order valence-corrected chi connectivity index (χ4v) is 5.57. The van der Waals surface area contributed by atoms with E-state index in [-0.39, 0.29) is 33.8 Å². The van der Waals surface area contributed by atoms with Gasteiger partial charge in [0.2, 0.25) is 15.9 Å². The van der Waals surface area contributed by atoms with Gasteiger partial charge >= 0.3 is 6.18 Å². The number of carbonyl (C=O) groups excluding carboxylic acids is 1. The summed E-state index contributed by atoms with van der Waals surface area (Å²) in [5.74, 6) is -1.46. The highest BCUT2D eigenvalue weighted by atomic mass is 35.5. The second-order valence-corrected chi connectivity index (χ2v) is 9.95. The minimum atomic E-state index is -4.72. The van der Waals surface area contributed by atoms with Crippen LogP contribution in [0.5, 0.6) is 5.75 Å². The lowest BCUT2D eigenvalue weighted by Crippen LogP contribution is -2.43. The van der Waals surface area contributed by atoms with E-state index < -0.39 is 39.3 Å². The smallest absolute Gasteiger partial charge is 0.418 e. The molecule has 1 amide bonds. The summed E-state index contributed by atoms with van der Waals surface area (Å²) < 4.78 is 72.5. The molecule has 32 heavy (non-hydrogen) atoms. The first-order chi connectivity index (χ1) is 14.9. The molecule has 1 heterocycles. The first-order valence-electron chi connectivity index (χ1n) is 9.45. The van der Waals surface area contributed by atoms with E-state index in [0.717, 1.165) is 16.4 Å². The standard InChI is InChI=1S/C20H19Cl2F3N2O4S/c1-31-17-7-5-14(22)10-18(17)32(29,30)27-8-2-3-12(11-27)19(28)26-16-6-4-13(21)9-15(16)20(23,24)25/h4-7,9-10,12H,2-3,8,11H2,1H3,(H,26,28)/t12-/m0/s1. The number of piperidine rings is 1. The van der Waals surface area contributed by atoms with Crippen molar-refractivity contribution in [3.63, 3.8) is 0 Å². The fourth-order valence-electron chi connectivity index (χ4n) is 3.46. The van der Waals surface area contributed by atoms with Gasteiger partial charge < -0.3 is 10.1 Å². The minimum absolute atomic E-state index is 0.0944. The Hall–Kier alpha value is -2.01. The molecule has 1 aliphatic heterocycles. The van der Waals surface area contributed by atoms with Gasteiger partial charge in [0.15, 0.2) is 0 Å². The van der Waals surface area contributed by atoms with Gasteiger partial charge in [0, 0.05) is 23.1 Å². The van der Waals surface area contributed by atoms with Crippen LogP contribution in [0.4, 0.5) is 18.9 Å². The third-order valence-corrected chi connectivity index (χ3v) is 7.40. The molecule has 1 saturated heterocycles. The van der Waals surface area contributed by atoms with E-state index >= 15 is 0 Å². The van der Waals surface area contributed by atoms with Crippen LogP contribution in [0.1, 0.15) is 18.4 Å². The van der Waals surface area contributed by atoms with Crippen LogP contribution in [0, 0.1) is 5.92 Å². The Balaban J connectivity index is 1.83. The first kappa shape index (κ1) is 24.6. The lowest BCUT2D eigenvalue weighted by atomic mass is 9.98. The number of anilines is 1. The molecule has 0 saturated carbocycles. The van der Waals surface area contributed by atoms with Crippen LogP contribution >= 0.6 is 23.2 Å². The molecule has 1 aliphatic rings. The SMILES string of the molecule is COc1ccc(Cl)cc1S(=O)(=O)N1CCC[C@H](C(=O)Nc2ccc(Cl)cc2C(F)(F)F)C1. The van der Waals surface area contributed by atoms with Crippen molar-refractivity contribution in [2.24, 2.45) is 5.92 Å². The van der Waals surface area contributed by atoms with Crippen molar-refractivity contribution < 1.29 is 31.1 Å². The Morgan fingerprint density at radius 2 is 1.81 bits per heavy atom. The van der Waals surface area contributed by atoms with Crippen LogP contribution < -0.4 is 10.1 Å². The van der Waals surface area contributed by atoms with Gasteiger partial charge in [-0.05, 0) is 49.2 Å². The summed E-state index contributed by atoms with van der Waals surface area (Å²) in [6.45, 7) is -0.0463. The number of nitrogens with one attached hydrogen (secondary N) is 1. The number of amides is 1. The van der Waals surface area contributed by atoms with Crippen molar-refractivity contribution in [1.82, 2.24) is 4.31 Å². The molecule has 1 fully saturated rings. The monoisotopic (exact) mass is 510 g/mol. The van der Waals surface area contributed by atoms with Gasteiger partial charge in [0.1, 0.15) is 10.6 Å². The van der Waals surface area contributed by atoms with Crippen LogP contribution in [0.15, 0.2) is 41.3 Å². The molecule has 0 bridgehead atoms. The molecule has 0 unspecified atom stereocenters. The highest BCUT2D eigenvalue weighted by Crippen LogP contribution is 2.37. The summed E-state index contributed by atoms with van der Waals surface area (Å²) in [5, 5.41) is 2.34. The van der Waals surface area contributed by atoms with Crippen molar-refractivity contribution in [1.29, 1.82) is 0 Å². The highest BCUT2D eigenvalue weighted by Gasteiger charge is 2.37. The van der Waals surface area contributed by atoms with E-state index in [2.05, 4.69) is 5.32 Å². The van der Waals surface area contributed by atoms with Crippen molar-refractivity contribution >= 4 is 44.8 Å². The number of alkyl halides is 3. The number of benzene rings is 2. The summed E-state index contributed by atoms with van der Waals surface area (Å²) in [6, 6.07) is 7.18. The van der Waals surface area contributed by atoms with Crippen LogP contribution in [-0.4, -0.2) is 38.8 Å². The first-order valence-corrected chi connectivity index (χ1v) is 11.6. The molecular formula is C20H19Cl2F3N2O4S. The lowest BCUT2D eigenvalue weighted by molar-refractivity contribution is -0.137. The van der Waals surface area contributed by atoms with E-state index in [1.807, 2.05) is 0 Å². The van der Waals surface area contributed by atoms with Crippen LogP contribution in [0.3, 0.4) is 0 Å². The molecule has 6 nitrogen and oxygen atoms in total. The van der Waals surface area contributed by atoms with Gasteiger partial charge in [0.25, 0.3) is 0 Å². The summed E-state index contributed by atoms with van der Waals surface area (Å²) >= 11 is 11.6. The number of sulfonamides is 1. The largest absolute Gasteiger partial charge is 0.495 e. The number of ether oxygens (including phenoxy) is 1. The molecule has 1 N–H and O–H groups in total. The van der Waals surface area contributed by atoms with Crippen molar-refractivity contribution in [2.75, 3.05) is 25.5 Å². The summed E-state index contributed by atoms with van der Waals surface area (Å²) in [7, 11) is -2.74. The number of methoxy groups -OCH3 is 1. The Labute approximate surface area is 193 Å². The van der Waals surface area contributed by atoms with Gasteiger partial charge in [-0.3, -0.25) is 4.79 Å². The van der Waals surface area contributed by atoms with Gasteiger partial charge in [-0.25, -0.2) is 8.42 Å². The Morgan fingerprint density at radius 3 is 2.47 bits per heavy atom. The number of nitrogens with zero attached hydrogens (tertiary/aromatic N) is 1. The fraction of sp³-hybridized carbons (Fsp3) is 0.350. The molecule has 3 rings (SSSR count). The van der Waals surface area contributed by atoms with Crippen LogP contribution in [0.25, 0.3) is 0 Å². The van der Waals surface area contributed by atoms with E-state index in [1.54, 1.807) is 0 Å². The molecule has 2 aromatic rings.